The molecule has 1 fully saturated rings. The van der Waals surface area contributed by atoms with Crippen LogP contribution in [0.3, 0.4) is 0 Å². The summed E-state index contributed by atoms with van der Waals surface area (Å²) >= 11 is 0. The SMILES string of the molecule is CC(C)[C@H]1C[C@@H]1c1cnc2c(c1)N(CC(F)(F)F)C(=O)C2(C)C. The maximum Gasteiger partial charge on any atom is 0.406 e. The van der Waals surface area contributed by atoms with Crippen LogP contribution in [0, 0.1) is 11.8 Å². The zero-order valence-electron chi connectivity index (χ0n) is 13.7. The van der Waals surface area contributed by atoms with Gasteiger partial charge in [-0.05, 0) is 49.7 Å². The average Bonchev–Trinajstić information content (AvgIpc) is 3.19. The first kappa shape index (κ1) is 16.3. The van der Waals surface area contributed by atoms with Crippen molar-refractivity contribution in [3.63, 3.8) is 0 Å². The van der Waals surface area contributed by atoms with Crippen molar-refractivity contribution in [1.29, 1.82) is 0 Å². The Balaban J connectivity index is 1.98. The fourth-order valence-electron chi connectivity index (χ4n) is 3.58. The molecule has 1 aromatic heterocycles. The van der Waals surface area contributed by atoms with E-state index in [1.807, 2.05) is 0 Å². The second kappa shape index (κ2) is 4.95. The van der Waals surface area contributed by atoms with E-state index in [1.54, 1.807) is 26.1 Å². The maximum absolute atomic E-state index is 12.9. The largest absolute Gasteiger partial charge is 0.406 e. The highest BCUT2D eigenvalue weighted by atomic mass is 19.4. The van der Waals surface area contributed by atoms with E-state index in [-0.39, 0.29) is 0 Å². The smallest absolute Gasteiger partial charge is 0.301 e. The topological polar surface area (TPSA) is 33.2 Å². The van der Waals surface area contributed by atoms with E-state index in [4.69, 9.17) is 0 Å². The summed E-state index contributed by atoms with van der Waals surface area (Å²) in [6.45, 7) is 6.30. The number of pyridine rings is 1. The molecule has 3 nitrogen and oxygen atoms in total. The second-order valence-electron chi connectivity index (χ2n) is 7.52. The van der Waals surface area contributed by atoms with Crippen LogP contribution in [-0.2, 0) is 10.2 Å². The van der Waals surface area contributed by atoms with Crippen LogP contribution in [0.5, 0.6) is 0 Å². The summed E-state index contributed by atoms with van der Waals surface area (Å²) in [5, 5.41) is 0. The number of nitrogens with zero attached hydrogens (tertiary/aromatic N) is 2. The summed E-state index contributed by atoms with van der Waals surface area (Å²) in [5.41, 5.74) is 0.696. The number of rotatable bonds is 3. The molecule has 1 aliphatic heterocycles. The van der Waals surface area contributed by atoms with Crippen molar-refractivity contribution in [3.8, 4) is 0 Å². The lowest BCUT2D eigenvalue weighted by atomic mass is 9.90. The number of alkyl halides is 3. The highest BCUT2D eigenvalue weighted by Gasteiger charge is 2.49. The predicted octanol–water partition coefficient (Wildman–Crippen LogP) is 4.03. The van der Waals surface area contributed by atoms with E-state index < -0.39 is 24.0 Å². The van der Waals surface area contributed by atoms with E-state index in [0.29, 0.717) is 29.1 Å². The van der Waals surface area contributed by atoms with Crippen molar-refractivity contribution >= 4 is 11.6 Å². The summed E-state index contributed by atoms with van der Waals surface area (Å²) < 4.78 is 38.6. The number of hydrogen-bond donors (Lipinski definition) is 0. The molecule has 2 heterocycles. The van der Waals surface area contributed by atoms with Gasteiger partial charge in [-0.3, -0.25) is 9.78 Å². The van der Waals surface area contributed by atoms with Gasteiger partial charge < -0.3 is 4.90 Å². The third-order valence-electron chi connectivity index (χ3n) is 5.01. The van der Waals surface area contributed by atoms with Crippen LogP contribution in [0.4, 0.5) is 18.9 Å². The molecule has 0 unspecified atom stereocenters. The van der Waals surface area contributed by atoms with Crippen LogP contribution >= 0.6 is 0 Å². The maximum atomic E-state index is 12.9. The van der Waals surface area contributed by atoms with E-state index in [1.165, 1.54) is 0 Å². The van der Waals surface area contributed by atoms with Gasteiger partial charge in [-0.15, -0.1) is 0 Å². The Morgan fingerprint density at radius 3 is 2.57 bits per heavy atom. The molecule has 126 valence electrons. The van der Waals surface area contributed by atoms with Crippen LogP contribution in [0.25, 0.3) is 0 Å². The van der Waals surface area contributed by atoms with Gasteiger partial charge in [-0.25, -0.2) is 0 Å². The van der Waals surface area contributed by atoms with Gasteiger partial charge in [0.2, 0.25) is 5.91 Å². The summed E-state index contributed by atoms with van der Waals surface area (Å²) in [6, 6.07) is 1.74. The molecule has 1 saturated carbocycles. The third kappa shape index (κ3) is 2.72. The summed E-state index contributed by atoms with van der Waals surface area (Å²) in [6.07, 6.45) is -1.66. The van der Waals surface area contributed by atoms with Gasteiger partial charge in [0, 0.05) is 6.20 Å². The molecule has 2 aliphatic rings. The molecule has 0 spiro atoms. The third-order valence-corrected chi connectivity index (χ3v) is 5.01. The molecule has 0 radical (unpaired) electrons. The van der Waals surface area contributed by atoms with Crippen molar-refractivity contribution in [2.45, 2.75) is 51.6 Å². The number of carbonyl (C=O) groups is 1. The summed E-state index contributed by atoms with van der Waals surface area (Å²) in [4.78, 5) is 17.6. The lowest BCUT2D eigenvalue weighted by Gasteiger charge is -2.21. The van der Waals surface area contributed by atoms with Gasteiger partial charge in [0.25, 0.3) is 0 Å². The van der Waals surface area contributed by atoms with Crippen LogP contribution < -0.4 is 4.90 Å². The van der Waals surface area contributed by atoms with Crippen LogP contribution in [0.1, 0.15) is 51.3 Å². The Morgan fingerprint density at radius 1 is 1.39 bits per heavy atom. The van der Waals surface area contributed by atoms with Crippen LogP contribution in [0.15, 0.2) is 12.3 Å². The minimum absolute atomic E-state index is 0.323. The first-order valence-electron chi connectivity index (χ1n) is 7.91. The molecule has 0 saturated heterocycles. The lowest BCUT2D eigenvalue weighted by Crippen LogP contribution is -2.41. The van der Waals surface area contributed by atoms with Gasteiger partial charge in [-0.1, -0.05) is 13.8 Å². The molecular formula is C17H21F3N2O. The molecule has 3 rings (SSSR count). The minimum Gasteiger partial charge on any atom is -0.301 e. The summed E-state index contributed by atoms with van der Waals surface area (Å²) in [7, 11) is 0. The minimum atomic E-state index is -4.43. The number of anilines is 1. The van der Waals surface area contributed by atoms with E-state index >= 15 is 0 Å². The van der Waals surface area contributed by atoms with Gasteiger partial charge in [0.15, 0.2) is 0 Å². The first-order chi connectivity index (χ1) is 10.5. The molecule has 1 aliphatic carbocycles. The van der Waals surface area contributed by atoms with E-state index in [2.05, 4.69) is 18.8 Å². The van der Waals surface area contributed by atoms with Crippen molar-refractivity contribution in [2.75, 3.05) is 11.4 Å². The quantitative estimate of drug-likeness (QED) is 0.840. The van der Waals surface area contributed by atoms with Crippen molar-refractivity contribution in [2.24, 2.45) is 11.8 Å². The predicted molar refractivity (Wildman–Crippen MR) is 81.4 cm³/mol. The van der Waals surface area contributed by atoms with Gasteiger partial charge in [0.1, 0.15) is 6.54 Å². The van der Waals surface area contributed by atoms with Gasteiger partial charge in [0.05, 0.1) is 16.8 Å². The highest BCUT2D eigenvalue weighted by molar-refractivity contribution is 6.07. The Hall–Kier alpha value is -1.59. The van der Waals surface area contributed by atoms with Crippen molar-refractivity contribution < 1.29 is 18.0 Å². The zero-order chi connectivity index (χ0) is 17.2. The fraction of sp³-hybridized carbons (Fsp3) is 0.647. The molecule has 0 aromatic carbocycles. The Kier molecular flexibility index (Phi) is 3.50. The molecule has 2 atom stereocenters. The lowest BCUT2D eigenvalue weighted by molar-refractivity contribution is -0.134. The van der Waals surface area contributed by atoms with Gasteiger partial charge >= 0.3 is 6.18 Å². The molecule has 0 bridgehead atoms. The summed E-state index contributed by atoms with van der Waals surface area (Å²) in [5.74, 6) is 0.902. The number of fused-ring (bicyclic) bond motifs is 1. The average molecular weight is 326 g/mol. The van der Waals surface area contributed by atoms with Crippen molar-refractivity contribution in [3.05, 3.63) is 23.5 Å². The first-order valence-corrected chi connectivity index (χ1v) is 7.91. The number of halogens is 3. The van der Waals surface area contributed by atoms with Gasteiger partial charge in [-0.2, -0.15) is 13.2 Å². The molecule has 0 N–H and O–H groups in total. The zero-order valence-corrected chi connectivity index (χ0v) is 13.7. The highest BCUT2D eigenvalue weighted by Crippen LogP contribution is 2.53. The van der Waals surface area contributed by atoms with Crippen molar-refractivity contribution in [1.82, 2.24) is 4.98 Å². The Morgan fingerprint density at radius 2 is 2.04 bits per heavy atom. The number of aromatic nitrogens is 1. The molecule has 1 aromatic rings. The number of hydrogen-bond acceptors (Lipinski definition) is 2. The second-order valence-corrected chi connectivity index (χ2v) is 7.52. The van der Waals surface area contributed by atoms with Crippen LogP contribution in [-0.4, -0.2) is 23.6 Å². The number of amides is 1. The monoisotopic (exact) mass is 326 g/mol. The molecular weight excluding hydrogens is 305 g/mol. The number of carbonyl (C=O) groups excluding carboxylic acids is 1. The Bertz CT molecular complexity index is 652. The van der Waals surface area contributed by atoms with E-state index in [9.17, 15) is 18.0 Å². The molecule has 6 heteroatoms. The standard InChI is InChI=1S/C17H21F3N2O/c1-9(2)11-6-12(11)10-5-13-14(21-7-10)16(3,4)15(23)22(13)8-17(18,19)20/h5,7,9,11-12H,6,8H2,1-4H3/t11-,12-/m1/s1. The molecule has 1 amide bonds. The Labute approximate surface area is 133 Å². The van der Waals surface area contributed by atoms with E-state index in [0.717, 1.165) is 16.9 Å². The van der Waals surface area contributed by atoms with Crippen LogP contribution in [0.2, 0.25) is 0 Å². The molecule has 23 heavy (non-hydrogen) atoms. The fourth-order valence-corrected chi connectivity index (χ4v) is 3.58. The normalized spacial score (nSPS) is 25.9.